The van der Waals surface area contributed by atoms with Crippen LogP contribution in [0.5, 0.6) is 0 Å². The average molecular weight is 399 g/mol. The number of carboxylic acids is 1. The number of ether oxygens (including phenoxy) is 1. The van der Waals surface area contributed by atoms with Crippen LogP contribution in [-0.2, 0) is 23.8 Å². The minimum absolute atomic E-state index is 0.0270. The van der Waals surface area contributed by atoms with Crippen molar-refractivity contribution in [3.8, 4) is 0 Å². The van der Waals surface area contributed by atoms with E-state index in [-0.39, 0.29) is 17.9 Å². The highest BCUT2D eigenvalue weighted by molar-refractivity contribution is 7.86. The van der Waals surface area contributed by atoms with Crippen LogP contribution in [0.15, 0.2) is 29.2 Å². The summed E-state index contributed by atoms with van der Waals surface area (Å²) in [5.41, 5.74) is -1.55. The van der Waals surface area contributed by atoms with Gasteiger partial charge in [-0.15, -0.1) is 0 Å². The third-order valence-electron chi connectivity index (χ3n) is 4.25. The molecule has 1 amide bonds. The number of aliphatic carboxylic acids is 1. The van der Waals surface area contributed by atoms with E-state index in [2.05, 4.69) is 0 Å². The lowest BCUT2D eigenvalue weighted by Gasteiger charge is -2.32. The van der Waals surface area contributed by atoms with Crippen molar-refractivity contribution in [3.05, 3.63) is 29.8 Å². The fourth-order valence-corrected chi connectivity index (χ4v) is 3.89. The normalized spacial score (nSPS) is 23.3. The molecule has 1 N–H and O–H groups in total. The number of hydrogen-bond acceptors (Lipinski definition) is 6. The highest BCUT2D eigenvalue weighted by Gasteiger charge is 2.53. The van der Waals surface area contributed by atoms with Crippen LogP contribution < -0.4 is 0 Å². The fraction of sp³-hybridized carbons (Fsp3) is 0.556. The van der Waals surface area contributed by atoms with Crippen LogP contribution >= 0.6 is 0 Å². The third kappa shape index (κ3) is 4.78. The van der Waals surface area contributed by atoms with Gasteiger partial charge in [-0.1, -0.05) is 17.7 Å². The molecule has 1 saturated heterocycles. The topological polar surface area (TPSA) is 110 Å². The van der Waals surface area contributed by atoms with Crippen molar-refractivity contribution in [2.24, 2.45) is 0 Å². The van der Waals surface area contributed by atoms with Crippen molar-refractivity contribution >= 4 is 22.2 Å². The van der Waals surface area contributed by atoms with E-state index in [1.807, 2.05) is 6.92 Å². The summed E-state index contributed by atoms with van der Waals surface area (Å²) in [5.74, 6) is -1.26. The van der Waals surface area contributed by atoms with Gasteiger partial charge in [0.05, 0.1) is 17.5 Å². The molecule has 2 atom stereocenters. The Morgan fingerprint density at radius 1 is 1.22 bits per heavy atom. The number of carbonyl (C=O) groups is 2. The van der Waals surface area contributed by atoms with Gasteiger partial charge in [0, 0.05) is 6.42 Å². The molecule has 0 unspecified atom stereocenters. The molecule has 1 aromatic rings. The summed E-state index contributed by atoms with van der Waals surface area (Å²) in [4.78, 5) is 25.2. The lowest BCUT2D eigenvalue weighted by Crippen LogP contribution is -2.52. The third-order valence-corrected chi connectivity index (χ3v) is 5.63. The zero-order chi connectivity index (χ0) is 20.6. The van der Waals surface area contributed by atoms with Gasteiger partial charge in [-0.25, -0.2) is 9.59 Å². The number of carbonyl (C=O) groups excluding carboxylic acids is 1. The smallest absolute Gasteiger partial charge is 0.411 e. The van der Waals surface area contributed by atoms with Crippen LogP contribution in [0, 0.1) is 6.92 Å². The zero-order valence-electron chi connectivity index (χ0n) is 16.1. The first-order valence-corrected chi connectivity index (χ1v) is 9.89. The van der Waals surface area contributed by atoms with Crippen LogP contribution in [-0.4, -0.2) is 54.3 Å². The van der Waals surface area contributed by atoms with Crippen LogP contribution in [0.4, 0.5) is 4.79 Å². The van der Waals surface area contributed by atoms with E-state index in [0.717, 1.165) is 10.5 Å². The highest BCUT2D eigenvalue weighted by Crippen LogP contribution is 2.34. The number of nitrogens with zero attached hydrogens (tertiary/aromatic N) is 1. The number of benzene rings is 1. The molecule has 0 spiro atoms. The maximum Gasteiger partial charge on any atom is 0.411 e. The van der Waals surface area contributed by atoms with Crippen molar-refractivity contribution < 1.29 is 32.0 Å². The molecule has 1 aliphatic heterocycles. The number of carboxylic acid groups (broad SMARTS) is 1. The molecule has 0 aliphatic carbocycles. The summed E-state index contributed by atoms with van der Waals surface area (Å²) >= 11 is 0. The van der Waals surface area contributed by atoms with Crippen LogP contribution in [0.2, 0.25) is 0 Å². The van der Waals surface area contributed by atoms with E-state index in [4.69, 9.17) is 8.92 Å². The Morgan fingerprint density at radius 3 is 2.26 bits per heavy atom. The maximum absolute atomic E-state index is 12.5. The molecule has 0 radical (unpaired) electrons. The quantitative estimate of drug-likeness (QED) is 0.775. The predicted octanol–water partition coefficient (Wildman–Crippen LogP) is 2.55. The lowest BCUT2D eigenvalue weighted by molar-refractivity contribution is -0.148. The first-order valence-electron chi connectivity index (χ1n) is 8.48. The van der Waals surface area contributed by atoms with E-state index >= 15 is 0 Å². The number of hydrogen-bond donors (Lipinski definition) is 1. The van der Waals surface area contributed by atoms with Crippen molar-refractivity contribution in [3.63, 3.8) is 0 Å². The second-order valence-electron chi connectivity index (χ2n) is 7.86. The molecule has 0 bridgehead atoms. The Hall–Kier alpha value is -2.13. The van der Waals surface area contributed by atoms with Crippen molar-refractivity contribution in [1.29, 1.82) is 0 Å². The SMILES string of the molecule is Cc1ccc(S(=O)(=O)O[C@H]2CN(C(=O)OC(C)(C)C)[C@](C)(C(=O)O)C2)cc1. The molecule has 8 nitrogen and oxygen atoms in total. The van der Waals surface area contributed by atoms with Gasteiger partial charge < -0.3 is 9.84 Å². The van der Waals surface area contributed by atoms with Gasteiger partial charge in [0.15, 0.2) is 0 Å². The molecule has 1 aromatic carbocycles. The summed E-state index contributed by atoms with van der Waals surface area (Å²) in [6, 6.07) is 6.11. The van der Waals surface area contributed by atoms with E-state index in [9.17, 15) is 23.1 Å². The van der Waals surface area contributed by atoms with E-state index in [0.29, 0.717) is 0 Å². The Bertz CT molecular complexity index is 826. The largest absolute Gasteiger partial charge is 0.480 e. The molecule has 2 rings (SSSR count). The molecule has 9 heteroatoms. The van der Waals surface area contributed by atoms with Gasteiger partial charge in [0.25, 0.3) is 10.1 Å². The Kier molecular flexibility index (Phi) is 5.58. The molecule has 0 saturated carbocycles. The first kappa shape index (κ1) is 21.2. The highest BCUT2D eigenvalue weighted by atomic mass is 32.2. The Morgan fingerprint density at radius 2 is 1.78 bits per heavy atom. The summed E-state index contributed by atoms with van der Waals surface area (Å²) < 4.78 is 35.5. The van der Waals surface area contributed by atoms with Gasteiger partial charge in [-0.3, -0.25) is 9.08 Å². The van der Waals surface area contributed by atoms with E-state index in [1.54, 1.807) is 32.9 Å². The Labute approximate surface area is 159 Å². The second kappa shape index (κ2) is 7.12. The van der Waals surface area contributed by atoms with Crippen molar-refractivity contribution in [1.82, 2.24) is 4.90 Å². The molecular formula is C18H25NO7S. The summed E-state index contributed by atoms with van der Waals surface area (Å²) in [6.07, 6.45) is -2.00. The van der Waals surface area contributed by atoms with E-state index in [1.165, 1.54) is 19.1 Å². The first-order chi connectivity index (χ1) is 12.2. The van der Waals surface area contributed by atoms with Crippen LogP contribution in [0.25, 0.3) is 0 Å². The maximum atomic E-state index is 12.5. The summed E-state index contributed by atoms with van der Waals surface area (Å²) in [7, 11) is -4.09. The zero-order valence-corrected chi connectivity index (χ0v) is 16.9. The molecule has 1 fully saturated rings. The van der Waals surface area contributed by atoms with Gasteiger partial charge in [-0.05, 0) is 46.8 Å². The number of amides is 1. The minimum atomic E-state index is -4.09. The van der Waals surface area contributed by atoms with Crippen molar-refractivity contribution in [2.75, 3.05) is 6.54 Å². The average Bonchev–Trinajstić information content (AvgIpc) is 2.83. The molecular weight excluding hydrogens is 374 g/mol. The number of likely N-dealkylation sites (tertiary alicyclic amines) is 1. The lowest BCUT2D eigenvalue weighted by atomic mass is 9.99. The molecule has 150 valence electrons. The minimum Gasteiger partial charge on any atom is -0.480 e. The summed E-state index contributed by atoms with van der Waals surface area (Å²) in [5, 5.41) is 9.60. The molecule has 0 aromatic heterocycles. The van der Waals surface area contributed by atoms with Crippen LogP contribution in [0.1, 0.15) is 39.7 Å². The van der Waals surface area contributed by atoms with Gasteiger partial charge in [-0.2, -0.15) is 8.42 Å². The second-order valence-corrected chi connectivity index (χ2v) is 9.43. The number of rotatable bonds is 4. The van der Waals surface area contributed by atoms with Gasteiger partial charge >= 0.3 is 12.1 Å². The Balaban J connectivity index is 2.23. The number of aryl methyl sites for hydroxylation is 1. The van der Waals surface area contributed by atoms with Gasteiger partial charge in [0.2, 0.25) is 0 Å². The van der Waals surface area contributed by atoms with Crippen molar-refractivity contribution in [2.45, 2.75) is 63.2 Å². The van der Waals surface area contributed by atoms with Gasteiger partial charge in [0.1, 0.15) is 11.1 Å². The monoisotopic (exact) mass is 399 g/mol. The van der Waals surface area contributed by atoms with Crippen LogP contribution in [0.3, 0.4) is 0 Å². The fourth-order valence-electron chi connectivity index (χ4n) is 2.82. The molecule has 27 heavy (non-hydrogen) atoms. The predicted molar refractivity (Wildman–Crippen MR) is 96.8 cm³/mol. The van der Waals surface area contributed by atoms with E-state index < -0.39 is 39.4 Å². The summed E-state index contributed by atoms with van der Waals surface area (Å²) in [6.45, 7) is 7.95. The molecule has 1 heterocycles. The standard InChI is InChI=1S/C18H25NO7S/c1-12-6-8-14(9-7-12)27(23,24)26-13-10-18(5,15(20)21)19(11-13)16(22)25-17(2,3)4/h6-9,13H,10-11H2,1-5H3,(H,20,21)/t13-,18+/m1/s1. The molecule has 1 aliphatic rings.